The number of aliphatic carboxylic acids is 4. The maximum absolute atomic E-state index is 15.1. The van der Waals surface area contributed by atoms with Gasteiger partial charge in [-0.3, -0.25) is 67.3 Å². The number of carbonyl (C=O) groups is 14. The molecule has 12 atom stereocenters. The molecule has 2 aliphatic heterocycles. The van der Waals surface area contributed by atoms with Crippen molar-refractivity contribution in [3.05, 3.63) is 59.7 Å². The van der Waals surface area contributed by atoms with E-state index in [-0.39, 0.29) is 101 Å². The molecule has 540 valence electrons. The summed E-state index contributed by atoms with van der Waals surface area (Å²) in [7, 11) is 0. The van der Waals surface area contributed by atoms with Crippen LogP contribution in [-0.4, -0.2) is 215 Å². The summed E-state index contributed by atoms with van der Waals surface area (Å²) in [6.07, 6.45) is -3.34. The fraction of sp³-hybridized carbons (Fsp3) is 0.578. The zero-order valence-electron chi connectivity index (χ0n) is 55.5. The number of guanidine groups is 1. The molecule has 0 saturated carbocycles. The Morgan fingerprint density at radius 1 is 0.500 bits per heavy atom. The molecule has 34 nitrogen and oxygen atoms in total. The van der Waals surface area contributed by atoms with Crippen LogP contribution in [0, 0.1) is 11.8 Å². The average molecular weight is 1380 g/mol. The third-order valence-electron chi connectivity index (χ3n) is 16.6. The van der Waals surface area contributed by atoms with Gasteiger partial charge in [-0.25, -0.2) is 4.79 Å². The molecule has 34 heteroatoms. The van der Waals surface area contributed by atoms with Gasteiger partial charge in [0.1, 0.15) is 71.9 Å². The Hall–Kier alpha value is -10.2. The van der Waals surface area contributed by atoms with Gasteiger partial charge in [0, 0.05) is 51.7 Å². The lowest BCUT2D eigenvalue weighted by molar-refractivity contribution is -0.145. The molecule has 0 bridgehead atoms. The standard InChI is InChI=1S/C64H94N14O20/c1-6-34(4)52(62(96)78-29-9-11-47(78)59(93)72-43(23-26-51(85)86)57(91)73-44(31-36-13-17-38(79)18-14-36)58(92)75-46(63(97)98)30-33(2)3)76-60(94)48-12-8-28-77(48)61(95)45(32-37-15-19-39(80)20-16-37)74-54(88)40(10-7-27-68-64(66)67)70-56(90)42(22-25-50(83)84)71-55(89)41(21-24-49(81)82)69-53(87)35(5)65/h13-20,33-35,40-48,52,79-80H,6-12,21-32,65H2,1-5H3,(H,69,87)(H,70,90)(H,71,89)(H,72,93)(H,73,91)(H,74,88)(H,75,92)(H,76,94)(H,81,82)(H,83,84)(H,85,86)(H,97,98)(H4,66,67,68)/t34-,35-,40-,41-,42-,43-,44-,45-,46-,47-,48-,52-/m0/s1. The van der Waals surface area contributed by atoms with Crippen molar-refractivity contribution in [2.75, 3.05) is 19.6 Å². The van der Waals surface area contributed by atoms with Gasteiger partial charge in [-0.1, -0.05) is 58.4 Å². The summed E-state index contributed by atoms with van der Waals surface area (Å²) in [5.41, 5.74) is 17.6. The second-order valence-corrected chi connectivity index (χ2v) is 24.9. The summed E-state index contributed by atoms with van der Waals surface area (Å²) < 4.78 is 0. The highest BCUT2D eigenvalue weighted by atomic mass is 16.4. The fourth-order valence-electron chi connectivity index (χ4n) is 11.1. The van der Waals surface area contributed by atoms with Crippen LogP contribution in [0.2, 0.25) is 0 Å². The first-order chi connectivity index (χ1) is 46.2. The molecule has 2 aliphatic rings. The third-order valence-corrected chi connectivity index (χ3v) is 16.6. The molecule has 10 amide bonds. The highest BCUT2D eigenvalue weighted by Gasteiger charge is 2.44. The maximum atomic E-state index is 15.1. The Morgan fingerprint density at radius 3 is 1.30 bits per heavy atom. The molecule has 4 rings (SSSR count). The topological polar surface area (TPSA) is 554 Å². The van der Waals surface area contributed by atoms with Crippen molar-refractivity contribution < 1.29 is 97.8 Å². The lowest BCUT2D eigenvalue weighted by atomic mass is 9.96. The molecule has 2 aromatic carbocycles. The van der Waals surface area contributed by atoms with Crippen LogP contribution in [0.25, 0.3) is 0 Å². The minimum absolute atomic E-state index is 0.000782. The Kier molecular flexibility index (Phi) is 32.1. The van der Waals surface area contributed by atoms with Gasteiger partial charge in [0.15, 0.2) is 5.96 Å². The average Bonchev–Trinajstić information content (AvgIpc) is 1.60. The van der Waals surface area contributed by atoms with Crippen molar-refractivity contribution >= 4 is 88.9 Å². The van der Waals surface area contributed by atoms with Gasteiger partial charge in [-0.05, 0) is 118 Å². The van der Waals surface area contributed by atoms with Crippen LogP contribution < -0.4 is 59.7 Å². The predicted molar refractivity (Wildman–Crippen MR) is 349 cm³/mol. The van der Waals surface area contributed by atoms with Crippen molar-refractivity contribution in [1.29, 1.82) is 0 Å². The molecule has 0 unspecified atom stereocenters. The van der Waals surface area contributed by atoms with Crippen LogP contribution in [0.5, 0.6) is 11.5 Å². The number of amides is 10. The van der Waals surface area contributed by atoms with Crippen LogP contribution in [0.1, 0.15) is 136 Å². The zero-order chi connectivity index (χ0) is 73.1. The molecule has 0 aliphatic carbocycles. The molecule has 98 heavy (non-hydrogen) atoms. The Morgan fingerprint density at radius 2 is 0.878 bits per heavy atom. The van der Waals surface area contributed by atoms with E-state index in [4.69, 9.17) is 17.2 Å². The number of carboxylic acids is 4. The number of phenolic OH excluding ortho intramolecular Hbond substituents is 2. The monoisotopic (exact) mass is 1380 g/mol. The Bertz CT molecular complexity index is 3180. The van der Waals surface area contributed by atoms with Crippen molar-refractivity contribution in [1.82, 2.24) is 52.3 Å². The van der Waals surface area contributed by atoms with Gasteiger partial charge in [-0.2, -0.15) is 0 Å². The van der Waals surface area contributed by atoms with E-state index in [0.29, 0.717) is 17.5 Å². The van der Waals surface area contributed by atoms with Gasteiger partial charge < -0.3 is 100 Å². The van der Waals surface area contributed by atoms with Gasteiger partial charge >= 0.3 is 23.9 Å². The molecule has 0 spiro atoms. The first-order valence-corrected chi connectivity index (χ1v) is 32.5. The lowest BCUT2D eigenvalue weighted by Crippen LogP contribution is -2.61. The van der Waals surface area contributed by atoms with E-state index in [1.54, 1.807) is 27.7 Å². The van der Waals surface area contributed by atoms with E-state index >= 15 is 4.79 Å². The number of nitrogens with zero attached hydrogens (tertiary/aromatic N) is 3. The summed E-state index contributed by atoms with van der Waals surface area (Å²) in [6, 6.07) is -4.78. The molecule has 20 N–H and O–H groups in total. The van der Waals surface area contributed by atoms with Crippen molar-refractivity contribution in [3.63, 3.8) is 0 Å². The fourth-order valence-corrected chi connectivity index (χ4v) is 11.1. The van der Waals surface area contributed by atoms with Crippen LogP contribution in [0.3, 0.4) is 0 Å². The number of phenols is 2. The van der Waals surface area contributed by atoms with E-state index in [2.05, 4.69) is 47.5 Å². The number of rotatable bonds is 40. The SMILES string of the molecule is CC[C@H](C)[C@H](NC(=O)[C@@H]1CCCN1C(=O)[C@H](Cc1ccc(O)cc1)NC(=O)[C@H](CCCN=C(N)N)NC(=O)[C@H](CCC(=O)O)NC(=O)[C@H](CCC(=O)O)NC(=O)[C@H](C)N)C(=O)N1CCC[C@H]1C(=O)N[C@@H](CCC(=O)O)C(=O)N[C@@H](Cc1ccc(O)cc1)C(=O)N[C@@H](CC(C)C)C(=O)O. The highest BCUT2D eigenvalue weighted by molar-refractivity contribution is 6.00. The molecule has 2 fully saturated rings. The highest BCUT2D eigenvalue weighted by Crippen LogP contribution is 2.26. The number of benzene rings is 2. The number of hydrogen-bond acceptors (Lipinski definition) is 18. The zero-order valence-corrected chi connectivity index (χ0v) is 55.5. The summed E-state index contributed by atoms with van der Waals surface area (Å²) in [4.78, 5) is 196. The van der Waals surface area contributed by atoms with Crippen molar-refractivity contribution in [2.24, 2.45) is 34.0 Å². The largest absolute Gasteiger partial charge is 0.508 e. The van der Waals surface area contributed by atoms with Crippen LogP contribution in [-0.2, 0) is 80.0 Å². The van der Waals surface area contributed by atoms with Crippen LogP contribution in [0.4, 0.5) is 0 Å². The Balaban J connectivity index is 1.63. The minimum Gasteiger partial charge on any atom is -0.508 e. The molecular weight excluding hydrogens is 1280 g/mol. The summed E-state index contributed by atoms with van der Waals surface area (Å²) in [5, 5.41) is 78.8. The quantitative estimate of drug-likeness (QED) is 0.0193. The number of likely N-dealkylation sites (tertiary alicyclic amines) is 2. The maximum Gasteiger partial charge on any atom is 0.326 e. The molecule has 0 aromatic heterocycles. The lowest BCUT2D eigenvalue weighted by Gasteiger charge is -2.34. The van der Waals surface area contributed by atoms with Crippen molar-refractivity contribution in [2.45, 2.75) is 204 Å². The first-order valence-electron chi connectivity index (χ1n) is 32.5. The summed E-state index contributed by atoms with van der Waals surface area (Å²) >= 11 is 0. The first kappa shape index (κ1) is 80.3. The second kappa shape index (κ2) is 39.2. The smallest absolute Gasteiger partial charge is 0.326 e. The normalized spacial score (nSPS) is 17.3. The number of carboxylic acid groups (broad SMARTS) is 4. The molecule has 0 radical (unpaired) electrons. The summed E-state index contributed by atoms with van der Waals surface area (Å²) in [6.45, 7) is 8.06. The van der Waals surface area contributed by atoms with Crippen LogP contribution in [0.15, 0.2) is 53.5 Å². The number of aliphatic imine (C=N–C) groups is 1. The van der Waals surface area contributed by atoms with Gasteiger partial charge in [-0.15, -0.1) is 0 Å². The Labute approximate surface area is 565 Å². The van der Waals surface area contributed by atoms with E-state index in [1.165, 1.54) is 65.3 Å². The number of nitrogens with one attached hydrogen (secondary N) is 8. The second-order valence-electron chi connectivity index (χ2n) is 24.9. The van der Waals surface area contributed by atoms with E-state index in [9.17, 15) is 93.0 Å². The number of carbonyl (C=O) groups excluding carboxylic acids is 10. The third kappa shape index (κ3) is 26.1. The van der Waals surface area contributed by atoms with E-state index < -0.39 is 194 Å². The van der Waals surface area contributed by atoms with Gasteiger partial charge in [0.05, 0.1) is 6.04 Å². The van der Waals surface area contributed by atoms with Crippen molar-refractivity contribution in [3.8, 4) is 11.5 Å². The molecule has 2 saturated heterocycles. The van der Waals surface area contributed by atoms with Gasteiger partial charge in [0.2, 0.25) is 59.1 Å². The minimum atomic E-state index is -1.73. The predicted octanol–water partition coefficient (Wildman–Crippen LogP) is -2.08. The molecular formula is C64H94N14O20. The van der Waals surface area contributed by atoms with E-state index in [0.717, 1.165) is 0 Å². The van der Waals surface area contributed by atoms with Gasteiger partial charge in [0.25, 0.3) is 0 Å². The molecule has 2 aromatic rings. The molecule has 2 heterocycles. The van der Waals surface area contributed by atoms with E-state index in [1.807, 2.05) is 0 Å². The summed E-state index contributed by atoms with van der Waals surface area (Å²) in [5.74, 6) is -16.0. The number of nitrogens with two attached hydrogens (primary N) is 3. The number of hydrogen-bond donors (Lipinski definition) is 17. The number of aromatic hydroxyl groups is 2. The van der Waals surface area contributed by atoms with Crippen LogP contribution >= 0.6 is 0 Å².